The fourth-order valence-corrected chi connectivity index (χ4v) is 6.11. The van der Waals surface area contributed by atoms with E-state index in [1.165, 1.54) is 12.1 Å². The van der Waals surface area contributed by atoms with Gasteiger partial charge in [0.05, 0.1) is 5.56 Å². The summed E-state index contributed by atoms with van der Waals surface area (Å²) in [6.45, 7) is 2.13. The number of hydrogen-bond donors (Lipinski definition) is 4. The predicted molar refractivity (Wildman–Crippen MR) is 130 cm³/mol. The Balaban J connectivity index is 1.50. The molecule has 1 saturated carbocycles. The zero-order valence-corrected chi connectivity index (χ0v) is 20.5. The summed E-state index contributed by atoms with van der Waals surface area (Å²) in [5.41, 5.74) is 5.73. The Hall–Kier alpha value is -3.63. The highest BCUT2D eigenvalue weighted by atomic mass is 32.2. The first-order valence-corrected chi connectivity index (χ1v) is 13.6. The normalized spacial score (nSPS) is 25.0. The number of sulfone groups is 1. The highest BCUT2D eigenvalue weighted by molar-refractivity contribution is 7.90. The van der Waals surface area contributed by atoms with Gasteiger partial charge in [0.15, 0.2) is 9.84 Å². The number of aliphatic hydroxyl groups is 1. The number of amides is 1. The van der Waals surface area contributed by atoms with E-state index in [0.717, 1.165) is 24.7 Å². The number of fused-ring (bicyclic) bond motifs is 5. The van der Waals surface area contributed by atoms with E-state index in [1.54, 1.807) is 24.3 Å². The molecule has 1 aliphatic heterocycles. The van der Waals surface area contributed by atoms with Crippen LogP contribution in [0.3, 0.4) is 0 Å². The largest absolute Gasteiger partial charge is 0.454 e. The van der Waals surface area contributed by atoms with Crippen molar-refractivity contribution in [2.24, 2.45) is 5.92 Å². The van der Waals surface area contributed by atoms with Crippen LogP contribution in [0.5, 0.6) is 5.75 Å². The summed E-state index contributed by atoms with van der Waals surface area (Å²) in [6, 6.07) is 12.7. The summed E-state index contributed by atoms with van der Waals surface area (Å²) < 4.78 is 29.9. The average Bonchev–Trinajstić information content (AvgIpc) is 3.43. The third-order valence-electron chi connectivity index (χ3n) is 7.66. The molecule has 0 unspecified atom stereocenters. The molecule has 5 N–H and O–H groups in total. The number of H-pyrrole nitrogens is 1. The molecule has 0 bridgehead atoms. The molecule has 0 saturated heterocycles. The maximum Gasteiger partial charge on any atom is 0.271 e. The second-order valence-electron chi connectivity index (χ2n) is 9.94. The second-order valence-corrected chi connectivity index (χ2v) is 11.9. The highest BCUT2D eigenvalue weighted by Gasteiger charge is 2.72. The third kappa shape index (κ3) is 2.94. The van der Waals surface area contributed by atoms with E-state index < -0.39 is 32.9 Å². The minimum Gasteiger partial charge on any atom is -0.454 e. The number of anilines is 1. The van der Waals surface area contributed by atoms with E-state index in [2.05, 4.69) is 17.2 Å². The summed E-state index contributed by atoms with van der Waals surface area (Å²) in [6.07, 6.45) is 3.32. The van der Waals surface area contributed by atoms with Gasteiger partial charge < -0.3 is 25.9 Å². The van der Waals surface area contributed by atoms with Crippen molar-refractivity contribution in [2.45, 2.75) is 42.0 Å². The molecule has 9 nitrogen and oxygen atoms in total. The molecule has 3 aliphatic rings. The van der Waals surface area contributed by atoms with E-state index in [1.807, 2.05) is 12.1 Å². The second kappa shape index (κ2) is 7.21. The zero-order valence-electron chi connectivity index (χ0n) is 19.7. The van der Waals surface area contributed by atoms with Crippen molar-refractivity contribution in [2.75, 3.05) is 12.0 Å². The topological polar surface area (TPSA) is 152 Å². The van der Waals surface area contributed by atoms with Crippen LogP contribution in [0.25, 0.3) is 0 Å². The fraction of sp³-hybridized carbons (Fsp3) is 0.308. The molecule has 6 rings (SSSR count). The van der Waals surface area contributed by atoms with Crippen molar-refractivity contribution in [1.29, 1.82) is 0 Å². The summed E-state index contributed by atoms with van der Waals surface area (Å²) in [5.74, 6) is -2.47. The van der Waals surface area contributed by atoms with Gasteiger partial charge in [0.1, 0.15) is 16.5 Å². The number of ether oxygens (including phenoxy) is 1. The first kappa shape index (κ1) is 22.8. The minimum atomic E-state index is -3.59. The van der Waals surface area contributed by atoms with Crippen molar-refractivity contribution in [3.63, 3.8) is 0 Å². The highest BCUT2D eigenvalue weighted by Crippen LogP contribution is 2.59. The van der Waals surface area contributed by atoms with Gasteiger partial charge in [0, 0.05) is 23.1 Å². The maximum atomic E-state index is 14.0. The zero-order chi connectivity index (χ0) is 25.6. The Morgan fingerprint density at radius 1 is 1.19 bits per heavy atom. The molecular weight excluding hydrogens is 482 g/mol. The molecule has 10 heteroatoms. The van der Waals surface area contributed by atoms with Crippen molar-refractivity contribution in [1.82, 2.24) is 10.3 Å². The number of hydrogen-bond acceptors (Lipinski definition) is 7. The van der Waals surface area contributed by atoms with Crippen LogP contribution in [0.1, 0.15) is 63.2 Å². The van der Waals surface area contributed by atoms with Gasteiger partial charge in [-0.15, -0.1) is 0 Å². The lowest BCUT2D eigenvalue weighted by molar-refractivity contribution is -0.169. The SMILES string of the molecule is C[C@@H](c1ccc2c(c1)O[C@]1(O)c3cccc(N)c3C(=O)[C@]21NC(=O)c1ccc(S(C)(=O)=O)[nH]1)C1CC1. The van der Waals surface area contributed by atoms with Crippen molar-refractivity contribution in [3.8, 4) is 5.75 Å². The third-order valence-corrected chi connectivity index (χ3v) is 8.70. The fourth-order valence-electron chi connectivity index (χ4n) is 5.50. The van der Waals surface area contributed by atoms with Crippen LogP contribution >= 0.6 is 0 Å². The van der Waals surface area contributed by atoms with E-state index >= 15 is 0 Å². The lowest BCUT2D eigenvalue weighted by Crippen LogP contribution is -2.60. The number of carbonyl (C=O) groups excluding carboxylic acids is 2. The van der Waals surface area contributed by atoms with Crippen molar-refractivity contribution in [3.05, 3.63) is 76.5 Å². The van der Waals surface area contributed by atoms with Crippen molar-refractivity contribution < 1.29 is 27.9 Å². The Bertz CT molecular complexity index is 1570. The van der Waals surface area contributed by atoms with Gasteiger partial charge >= 0.3 is 0 Å². The number of nitrogens with two attached hydrogens (primary N) is 1. The Labute approximate surface area is 207 Å². The van der Waals surface area contributed by atoms with Gasteiger partial charge in [-0.3, -0.25) is 9.59 Å². The van der Waals surface area contributed by atoms with Gasteiger partial charge in [0.25, 0.3) is 11.7 Å². The average molecular weight is 508 g/mol. The molecule has 0 radical (unpaired) electrons. The van der Waals surface area contributed by atoms with E-state index in [-0.39, 0.29) is 33.5 Å². The molecule has 1 aromatic heterocycles. The summed E-state index contributed by atoms with van der Waals surface area (Å²) in [7, 11) is -3.59. The smallest absolute Gasteiger partial charge is 0.271 e. The van der Waals surface area contributed by atoms with E-state index in [9.17, 15) is 23.1 Å². The van der Waals surface area contributed by atoms with Gasteiger partial charge in [-0.25, -0.2) is 8.42 Å². The van der Waals surface area contributed by atoms with Crippen molar-refractivity contribution >= 4 is 27.2 Å². The molecule has 0 spiro atoms. The summed E-state index contributed by atoms with van der Waals surface area (Å²) in [5, 5.41) is 14.6. The van der Waals surface area contributed by atoms with Crippen LogP contribution in [0.2, 0.25) is 0 Å². The molecule has 3 atom stereocenters. The first-order chi connectivity index (χ1) is 17.0. The standard InChI is InChI=1S/C26H25N3O6S/c1-13(14-6-7-14)15-8-9-16-20(12-15)35-26(32)17-4-3-5-18(27)22(17)23(30)25(16,26)29-24(31)19-10-11-21(28-19)36(2,33)34/h3-5,8-14,28,32H,6-7,27H2,1-2H3,(H,29,31)/t13-,25-,26-/m1/s1. The van der Waals surface area contributed by atoms with Crippen LogP contribution in [-0.4, -0.2) is 36.5 Å². The van der Waals surface area contributed by atoms with Crippen LogP contribution in [-0.2, 0) is 21.2 Å². The number of Topliss-reactive ketones (excluding diaryl/α,β-unsaturated/α-hetero) is 1. The molecule has 2 aromatic carbocycles. The molecule has 3 aromatic rings. The van der Waals surface area contributed by atoms with Crippen LogP contribution in [0, 0.1) is 5.92 Å². The number of ketones is 1. The molecule has 2 heterocycles. The Kier molecular flexibility index (Phi) is 4.57. The molecular formula is C26H25N3O6S. The Morgan fingerprint density at radius 3 is 2.61 bits per heavy atom. The quantitative estimate of drug-likeness (QED) is 0.387. The number of benzene rings is 2. The maximum absolute atomic E-state index is 14.0. The number of aromatic nitrogens is 1. The summed E-state index contributed by atoms with van der Waals surface area (Å²) in [4.78, 5) is 30.0. The lowest BCUT2D eigenvalue weighted by Gasteiger charge is -2.34. The van der Waals surface area contributed by atoms with Gasteiger partial charge in [-0.05, 0) is 54.5 Å². The van der Waals surface area contributed by atoms with E-state index in [4.69, 9.17) is 10.5 Å². The van der Waals surface area contributed by atoms with Gasteiger partial charge in [-0.2, -0.15) is 0 Å². The lowest BCUT2D eigenvalue weighted by atomic mass is 9.81. The molecule has 1 fully saturated rings. The molecule has 1 amide bonds. The number of rotatable bonds is 5. The van der Waals surface area contributed by atoms with Crippen LogP contribution in [0.15, 0.2) is 53.6 Å². The Morgan fingerprint density at radius 2 is 1.94 bits per heavy atom. The van der Waals surface area contributed by atoms with Gasteiger partial charge in [0.2, 0.25) is 11.3 Å². The van der Waals surface area contributed by atoms with Crippen LogP contribution in [0.4, 0.5) is 5.69 Å². The predicted octanol–water partition coefficient (Wildman–Crippen LogP) is 2.57. The van der Waals surface area contributed by atoms with E-state index in [0.29, 0.717) is 17.2 Å². The molecule has 186 valence electrons. The van der Waals surface area contributed by atoms with Gasteiger partial charge in [-0.1, -0.05) is 31.2 Å². The number of nitrogens with one attached hydrogen (secondary N) is 2. The number of carbonyl (C=O) groups is 2. The summed E-state index contributed by atoms with van der Waals surface area (Å²) >= 11 is 0. The van der Waals surface area contributed by atoms with Crippen LogP contribution < -0.4 is 15.8 Å². The monoisotopic (exact) mass is 507 g/mol. The molecule has 2 aliphatic carbocycles. The molecule has 36 heavy (non-hydrogen) atoms. The minimum absolute atomic E-state index is 0.0738. The number of aromatic amines is 1. The number of nitrogen functional groups attached to an aromatic ring is 1. The first-order valence-electron chi connectivity index (χ1n) is 11.7.